The molecular formula is C21H31NO4. The lowest BCUT2D eigenvalue weighted by Gasteiger charge is -2.39. The van der Waals surface area contributed by atoms with E-state index in [0.29, 0.717) is 29.7 Å². The Kier molecular flexibility index (Phi) is 6.28. The van der Waals surface area contributed by atoms with Gasteiger partial charge in [-0.3, -0.25) is 4.79 Å². The average Bonchev–Trinajstić information content (AvgIpc) is 2.66. The van der Waals surface area contributed by atoms with E-state index in [4.69, 9.17) is 14.2 Å². The number of carbonyl (C=O) groups excluding carboxylic acids is 1. The fraction of sp³-hybridized carbons (Fsp3) is 0.667. The molecule has 0 unspecified atom stereocenters. The zero-order valence-electron chi connectivity index (χ0n) is 16.2. The second kappa shape index (κ2) is 8.65. The molecule has 2 aliphatic carbocycles. The number of amides is 1. The van der Waals surface area contributed by atoms with Crippen LogP contribution in [0.15, 0.2) is 12.1 Å². The first kappa shape index (κ1) is 18.9. The van der Waals surface area contributed by atoms with Crippen molar-refractivity contribution in [1.29, 1.82) is 0 Å². The van der Waals surface area contributed by atoms with Gasteiger partial charge >= 0.3 is 0 Å². The molecule has 3 atom stereocenters. The maximum atomic E-state index is 12.6. The molecule has 0 saturated heterocycles. The highest BCUT2D eigenvalue weighted by Gasteiger charge is 2.32. The zero-order chi connectivity index (χ0) is 18.5. The van der Waals surface area contributed by atoms with Gasteiger partial charge in [-0.25, -0.2) is 0 Å². The lowest BCUT2D eigenvalue weighted by atomic mass is 9.69. The summed E-state index contributed by atoms with van der Waals surface area (Å²) < 4.78 is 16.1. The summed E-state index contributed by atoms with van der Waals surface area (Å²) in [6, 6.07) is 4.02. The third-order valence-corrected chi connectivity index (χ3v) is 5.99. The predicted molar refractivity (Wildman–Crippen MR) is 101 cm³/mol. The van der Waals surface area contributed by atoms with Gasteiger partial charge in [-0.05, 0) is 48.8 Å². The van der Waals surface area contributed by atoms with Crippen molar-refractivity contribution < 1.29 is 19.0 Å². The van der Waals surface area contributed by atoms with Crippen molar-refractivity contribution in [2.75, 3.05) is 21.3 Å². The number of ether oxygens (including phenoxy) is 3. The van der Waals surface area contributed by atoms with Crippen molar-refractivity contribution in [2.45, 2.75) is 57.4 Å². The third-order valence-electron chi connectivity index (χ3n) is 5.99. The molecule has 0 bridgehead atoms. The molecule has 1 N–H and O–H groups in total. The summed E-state index contributed by atoms with van der Waals surface area (Å²) in [7, 11) is 4.75. The molecule has 5 heteroatoms. The van der Waals surface area contributed by atoms with Crippen molar-refractivity contribution >= 4 is 5.91 Å². The molecule has 1 aromatic rings. The van der Waals surface area contributed by atoms with Crippen LogP contribution >= 0.6 is 0 Å². The van der Waals surface area contributed by atoms with Crippen LogP contribution in [0.5, 0.6) is 17.2 Å². The number of nitrogens with one attached hydrogen (secondary N) is 1. The number of fused-ring (bicyclic) bond motifs is 1. The standard InChI is InChI=1S/C21H31NO4/c1-24-18-10-14(11-19(25-2)21(18)26-3)12-20(23)22-17-9-8-15-6-4-5-7-16(15)13-17/h10-11,15-17H,4-9,12-13H2,1-3H3,(H,22,23)/t15-,16+,17-/m1/s1. The van der Waals surface area contributed by atoms with E-state index in [9.17, 15) is 4.79 Å². The SMILES string of the molecule is COc1cc(CC(=O)N[C@@H]2CC[C@H]3CCCC[C@H]3C2)cc(OC)c1OC. The Labute approximate surface area is 156 Å². The number of rotatable bonds is 6. The minimum absolute atomic E-state index is 0.0681. The molecule has 3 rings (SSSR count). The molecule has 5 nitrogen and oxygen atoms in total. The number of methoxy groups -OCH3 is 3. The van der Waals surface area contributed by atoms with Crippen molar-refractivity contribution in [1.82, 2.24) is 5.32 Å². The van der Waals surface area contributed by atoms with Gasteiger partial charge in [0.25, 0.3) is 0 Å². The molecule has 0 aliphatic heterocycles. The predicted octanol–water partition coefficient (Wildman–Crippen LogP) is 3.73. The van der Waals surface area contributed by atoms with E-state index in [0.717, 1.165) is 30.2 Å². The summed E-state index contributed by atoms with van der Waals surface area (Å²) in [5.74, 6) is 3.49. The highest BCUT2D eigenvalue weighted by Crippen LogP contribution is 2.41. The van der Waals surface area contributed by atoms with E-state index in [1.54, 1.807) is 21.3 Å². The summed E-state index contributed by atoms with van der Waals surface area (Å²) in [5, 5.41) is 3.25. The Bertz CT molecular complexity index is 605. The Morgan fingerprint density at radius 3 is 2.23 bits per heavy atom. The van der Waals surface area contributed by atoms with Crippen molar-refractivity contribution in [3.05, 3.63) is 17.7 Å². The molecule has 0 aromatic heterocycles. The first-order chi connectivity index (χ1) is 12.6. The Balaban J connectivity index is 1.61. The molecule has 2 saturated carbocycles. The van der Waals surface area contributed by atoms with Crippen LogP contribution in [-0.4, -0.2) is 33.3 Å². The Morgan fingerprint density at radius 2 is 1.62 bits per heavy atom. The van der Waals surface area contributed by atoms with E-state index < -0.39 is 0 Å². The highest BCUT2D eigenvalue weighted by molar-refractivity contribution is 5.79. The smallest absolute Gasteiger partial charge is 0.224 e. The summed E-state index contributed by atoms with van der Waals surface area (Å²) in [5.41, 5.74) is 0.864. The van der Waals surface area contributed by atoms with Gasteiger partial charge in [0.15, 0.2) is 11.5 Å². The van der Waals surface area contributed by atoms with Crippen LogP contribution in [-0.2, 0) is 11.2 Å². The van der Waals surface area contributed by atoms with Crippen molar-refractivity contribution in [3.8, 4) is 17.2 Å². The lowest BCUT2D eigenvalue weighted by molar-refractivity contribution is -0.121. The minimum Gasteiger partial charge on any atom is -0.493 e. The summed E-state index contributed by atoms with van der Waals surface area (Å²) in [4.78, 5) is 12.6. The van der Waals surface area contributed by atoms with Gasteiger partial charge in [0, 0.05) is 6.04 Å². The van der Waals surface area contributed by atoms with E-state index >= 15 is 0 Å². The lowest BCUT2D eigenvalue weighted by Crippen LogP contribution is -2.42. The normalized spacial score (nSPS) is 25.1. The van der Waals surface area contributed by atoms with Crippen LogP contribution < -0.4 is 19.5 Å². The van der Waals surface area contributed by atoms with Crippen LogP contribution in [0.3, 0.4) is 0 Å². The summed E-state index contributed by atoms with van der Waals surface area (Å²) >= 11 is 0. The maximum absolute atomic E-state index is 12.6. The highest BCUT2D eigenvalue weighted by atomic mass is 16.5. The topological polar surface area (TPSA) is 56.8 Å². The van der Waals surface area contributed by atoms with Crippen LogP contribution in [0.4, 0.5) is 0 Å². The first-order valence-corrected chi connectivity index (χ1v) is 9.72. The van der Waals surface area contributed by atoms with E-state index in [1.165, 1.54) is 32.1 Å². The first-order valence-electron chi connectivity index (χ1n) is 9.72. The van der Waals surface area contributed by atoms with E-state index in [-0.39, 0.29) is 5.91 Å². The van der Waals surface area contributed by atoms with Gasteiger partial charge in [-0.1, -0.05) is 25.7 Å². The summed E-state index contributed by atoms with van der Waals surface area (Å²) in [6.07, 6.45) is 9.31. The van der Waals surface area contributed by atoms with Crippen LogP contribution in [0, 0.1) is 11.8 Å². The van der Waals surface area contributed by atoms with Gasteiger partial charge in [-0.15, -0.1) is 0 Å². The molecule has 144 valence electrons. The second-order valence-electron chi connectivity index (χ2n) is 7.59. The maximum Gasteiger partial charge on any atom is 0.224 e. The Hall–Kier alpha value is -1.91. The zero-order valence-corrected chi connectivity index (χ0v) is 16.2. The Morgan fingerprint density at radius 1 is 0.962 bits per heavy atom. The van der Waals surface area contributed by atoms with Gasteiger partial charge < -0.3 is 19.5 Å². The minimum atomic E-state index is 0.0681. The van der Waals surface area contributed by atoms with Gasteiger partial charge in [-0.2, -0.15) is 0 Å². The van der Waals surface area contributed by atoms with Crippen LogP contribution in [0.1, 0.15) is 50.5 Å². The molecule has 0 spiro atoms. The second-order valence-corrected chi connectivity index (χ2v) is 7.59. The fourth-order valence-corrected chi connectivity index (χ4v) is 4.71. The van der Waals surface area contributed by atoms with Crippen LogP contribution in [0.2, 0.25) is 0 Å². The van der Waals surface area contributed by atoms with Crippen LogP contribution in [0.25, 0.3) is 0 Å². The molecule has 2 aliphatic rings. The summed E-state index contributed by atoms with van der Waals surface area (Å²) in [6.45, 7) is 0. The number of benzene rings is 1. The molecule has 0 radical (unpaired) electrons. The quantitative estimate of drug-likeness (QED) is 0.839. The molecule has 1 amide bonds. The average molecular weight is 361 g/mol. The number of hydrogen-bond acceptors (Lipinski definition) is 4. The molecule has 2 fully saturated rings. The largest absolute Gasteiger partial charge is 0.493 e. The fourth-order valence-electron chi connectivity index (χ4n) is 4.71. The third kappa shape index (κ3) is 4.25. The monoisotopic (exact) mass is 361 g/mol. The van der Waals surface area contributed by atoms with Crippen molar-refractivity contribution in [3.63, 3.8) is 0 Å². The van der Waals surface area contributed by atoms with E-state index in [2.05, 4.69) is 5.32 Å². The van der Waals surface area contributed by atoms with E-state index in [1.807, 2.05) is 12.1 Å². The molecular weight excluding hydrogens is 330 g/mol. The number of carbonyl (C=O) groups is 1. The molecule has 1 aromatic carbocycles. The molecule has 26 heavy (non-hydrogen) atoms. The molecule has 0 heterocycles. The van der Waals surface area contributed by atoms with Gasteiger partial charge in [0.1, 0.15) is 0 Å². The van der Waals surface area contributed by atoms with Crippen molar-refractivity contribution in [2.24, 2.45) is 11.8 Å². The number of hydrogen-bond donors (Lipinski definition) is 1. The van der Waals surface area contributed by atoms with Gasteiger partial charge in [0.05, 0.1) is 27.8 Å². The van der Waals surface area contributed by atoms with Gasteiger partial charge in [0.2, 0.25) is 11.7 Å².